The molecule has 1 aliphatic rings. The van der Waals surface area contributed by atoms with Crippen molar-refractivity contribution >= 4 is 23.3 Å². The Morgan fingerprint density at radius 1 is 1.26 bits per heavy atom. The molecule has 1 amide bonds. The maximum atomic E-state index is 14.6. The van der Waals surface area contributed by atoms with Crippen molar-refractivity contribution in [1.29, 1.82) is 0 Å². The van der Waals surface area contributed by atoms with Crippen LogP contribution in [0.2, 0.25) is 5.02 Å². The lowest BCUT2D eigenvalue weighted by molar-refractivity contribution is -0.126. The van der Waals surface area contributed by atoms with Crippen molar-refractivity contribution in [2.75, 3.05) is 24.5 Å². The van der Waals surface area contributed by atoms with Crippen LogP contribution in [0.1, 0.15) is 43.1 Å². The van der Waals surface area contributed by atoms with Gasteiger partial charge in [0.15, 0.2) is 5.82 Å². The summed E-state index contributed by atoms with van der Waals surface area (Å²) >= 11 is 6.30. The molecule has 0 radical (unpaired) electrons. The second-order valence-corrected chi connectivity index (χ2v) is 8.74. The van der Waals surface area contributed by atoms with Crippen molar-refractivity contribution in [1.82, 2.24) is 15.3 Å². The Hall–Kier alpha value is -3.03. The number of hydrogen-bond donors (Lipinski definition) is 2. The molecule has 1 aromatic heterocycles. The molecule has 4 rings (SSSR count). The smallest absolute Gasteiger partial charge is 0.259 e. The first-order chi connectivity index (χ1) is 17.0. The number of aromatic nitrogens is 2. The van der Waals surface area contributed by atoms with E-state index in [1.807, 2.05) is 39.0 Å². The standard InChI is InChI=1S/C25H27ClFN5O.C2H6/c1-16-7-8-19(11-21(16)26)23-29-13-20(24(31-23)32-10-9-17(12-28)15-32)14-30-25(33)22(27)18-5-3-2-4-6-18;1-2/h2-8,11,13,17,22H,9-10,12,14-15,28H2,1H3,(H,30,33);1-2H3. The van der Waals surface area contributed by atoms with E-state index in [2.05, 4.69) is 15.2 Å². The molecule has 0 aliphatic carbocycles. The number of hydrogen-bond acceptors (Lipinski definition) is 5. The average molecular weight is 498 g/mol. The highest BCUT2D eigenvalue weighted by Crippen LogP contribution is 2.29. The SMILES string of the molecule is CC.Cc1ccc(-c2ncc(CNC(=O)C(F)c3ccccc3)c(N3CCC(CN)C3)n2)cc1Cl. The average Bonchev–Trinajstić information content (AvgIpc) is 3.39. The van der Waals surface area contributed by atoms with E-state index in [0.717, 1.165) is 42.0 Å². The van der Waals surface area contributed by atoms with Crippen LogP contribution in [-0.2, 0) is 11.3 Å². The van der Waals surface area contributed by atoms with E-state index in [0.29, 0.717) is 28.9 Å². The largest absolute Gasteiger partial charge is 0.356 e. The first-order valence-electron chi connectivity index (χ1n) is 12.0. The highest BCUT2D eigenvalue weighted by atomic mass is 35.5. The van der Waals surface area contributed by atoms with Crippen molar-refractivity contribution in [2.45, 2.75) is 39.9 Å². The number of benzene rings is 2. The lowest BCUT2D eigenvalue weighted by Crippen LogP contribution is -2.29. The van der Waals surface area contributed by atoms with Gasteiger partial charge in [-0.15, -0.1) is 0 Å². The molecule has 1 fully saturated rings. The lowest BCUT2D eigenvalue weighted by atomic mass is 10.1. The van der Waals surface area contributed by atoms with Gasteiger partial charge in [-0.2, -0.15) is 0 Å². The zero-order valence-electron chi connectivity index (χ0n) is 20.5. The van der Waals surface area contributed by atoms with E-state index < -0.39 is 12.1 Å². The van der Waals surface area contributed by atoms with Crippen LogP contribution in [0.3, 0.4) is 0 Å². The van der Waals surface area contributed by atoms with Gasteiger partial charge in [0.25, 0.3) is 5.91 Å². The number of nitrogens with zero attached hydrogens (tertiary/aromatic N) is 3. The summed E-state index contributed by atoms with van der Waals surface area (Å²) in [5.41, 5.74) is 8.71. The van der Waals surface area contributed by atoms with Crippen molar-refractivity contribution in [3.63, 3.8) is 0 Å². The molecular weight excluding hydrogens is 465 g/mol. The monoisotopic (exact) mass is 497 g/mol. The summed E-state index contributed by atoms with van der Waals surface area (Å²) in [6, 6.07) is 14.1. The molecular formula is C27H33ClFN5O. The van der Waals surface area contributed by atoms with E-state index in [4.69, 9.17) is 22.3 Å². The minimum Gasteiger partial charge on any atom is -0.356 e. The minimum atomic E-state index is -1.74. The van der Waals surface area contributed by atoms with Crippen LogP contribution < -0.4 is 16.0 Å². The molecule has 35 heavy (non-hydrogen) atoms. The number of nitrogens with one attached hydrogen (secondary N) is 1. The van der Waals surface area contributed by atoms with Gasteiger partial charge < -0.3 is 16.0 Å². The third kappa shape index (κ3) is 6.55. The minimum absolute atomic E-state index is 0.125. The molecule has 0 spiro atoms. The van der Waals surface area contributed by atoms with Gasteiger partial charge in [0, 0.05) is 42.0 Å². The van der Waals surface area contributed by atoms with Crippen molar-refractivity contribution in [2.24, 2.45) is 11.7 Å². The predicted molar refractivity (Wildman–Crippen MR) is 140 cm³/mol. The molecule has 2 heterocycles. The van der Waals surface area contributed by atoms with Gasteiger partial charge in [-0.25, -0.2) is 14.4 Å². The van der Waals surface area contributed by atoms with Gasteiger partial charge in [0.2, 0.25) is 6.17 Å². The zero-order chi connectivity index (χ0) is 25.4. The fourth-order valence-electron chi connectivity index (χ4n) is 3.93. The summed E-state index contributed by atoms with van der Waals surface area (Å²) in [7, 11) is 0. The van der Waals surface area contributed by atoms with Crippen molar-refractivity contribution < 1.29 is 9.18 Å². The number of nitrogens with two attached hydrogens (primary N) is 1. The summed E-state index contributed by atoms with van der Waals surface area (Å²) in [5, 5.41) is 3.34. The Kier molecular flexibility index (Phi) is 9.57. The highest BCUT2D eigenvalue weighted by molar-refractivity contribution is 6.31. The van der Waals surface area contributed by atoms with Gasteiger partial charge >= 0.3 is 0 Å². The van der Waals surface area contributed by atoms with Gasteiger partial charge in [-0.05, 0) is 43.0 Å². The van der Waals surface area contributed by atoms with Crippen LogP contribution in [0.4, 0.5) is 10.2 Å². The summed E-state index contributed by atoms with van der Waals surface area (Å²) in [6.45, 7) is 8.26. The predicted octanol–water partition coefficient (Wildman–Crippen LogP) is 5.24. The maximum Gasteiger partial charge on any atom is 0.259 e. The van der Waals surface area contributed by atoms with Crippen LogP contribution in [0.25, 0.3) is 11.4 Å². The first-order valence-corrected chi connectivity index (χ1v) is 12.4. The topological polar surface area (TPSA) is 84.1 Å². The Labute approximate surface area is 211 Å². The van der Waals surface area contributed by atoms with Crippen LogP contribution in [0.15, 0.2) is 54.7 Å². The fraction of sp³-hybridized carbons (Fsp3) is 0.370. The van der Waals surface area contributed by atoms with Crippen LogP contribution in [-0.4, -0.2) is 35.5 Å². The van der Waals surface area contributed by atoms with Crippen LogP contribution in [0, 0.1) is 12.8 Å². The molecule has 2 aromatic carbocycles. The number of carbonyl (C=O) groups excluding carboxylic acids is 1. The Balaban J connectivity index is 0.00000167. The molecule has 0 saturated carbocycles. The lowest BCUT2D eigenvalue weighted by Gasteiger charge is -2.22. The Bertz CT molecular complexity index is 1130. The first kappa shape index (κ1) is 26.6. The van der Waals surface area contributed by atoms with E-state index in [1.165, 1.54) is 0 Å². The summed E-state index contributed by atoms with van der Waals surface area (Å²) < 4.78 is 14.6. The van der Waals surface area contributed by atoms with E-state index in [1.54, 1.807) is 36.5 Å². The molecule has 0 bridgehead atoms. The number of halogens is 2. The van der Waals surface area contributed by atoms with Crippen LogP contribution in [0.5, 0.6) is 0 Å². The van der Waals surface area contributed by atoms with E-state index in [-0.39, 0.29) is 6.54 Å². The van der Waals surface area contributed by atoms with Crippen molar-refractivity contribution in [3.05, 3.63) is 76.4 Å². The van der Waals surface area contributed by atoms with Gasteiger partial charge in [0.1, 0.15) is 5.82 Å². The summed E-state index contributed by atoms with van der Waals surface area (Å²) in [4.78, 5) is 23.9. The third-order valence-corrected chi connectivity index (χ3v) is 6.37. The summed E-state index contributed by atoms with van der Waals surface area (Å²) in [5.74, 6) is 0.963. The number of anilines is 1. The Morgan fingerprint density at radius 3 is 2.66 bits per heavy atom. The quantitative estimate of drug-likeness (QED) is 0.466. The van der Waals surface area contributed by atoms with E-state index in [9.17, 15) is 9.18 Å². The molecule has 3 N–H and O–H groups in total. The molecule has 1 saturated heterocycles. The number of carbonyl (C=O) groups is 1. The van der Waals surface area contributed by atoms with E-state index >= 15 is 0 Å². The molecule has 6 nitrogen and oxygen atoms in total. The highest BCUT2D eigenvalue weighted by Gasteiger charge is 2.26. The molecule has 8 heteroatoms. The number of amides is 1. The van der Waals surface area contributed by atoms with Crippen LogP contribution >= 0.6 is 11.6 Å². The molecule has 3 aromatic rings. The maximum absolute atomic E-state index is 14.6. The molecule has 2 atom stereocenters. The second-order valence-electron chi connectivity index (χ2n) is 8.33. The second kappa shape index (κ2) is 12.6. The fourth-order valence-corrected chi connectivity index (χ4v) is 4.11. The van der Waals surface area contributed by atoms with Gasteiger partial charge in [-0.1, -0.05) is 67.9 Å². The molecule has 1 aliphatic heterocycles. The van der Waals surface area contributed by atoms with Gasteiger partial charge in [0.05, 0.1) is 0 Å². The number of rotatable bonds is 7. The number of alkyl halides is 1. The van der Waals surface area contributed by atoms with Gasteiger partial charge in [-0.3, -0.25) is 4.79 Å². The molecule has 2 unspecified atom stereocenters. The zero-order valence-corrected chi connectivity index (χ0v) is 21.2. The molecule has 186 valence electrons. The summed E-state index contributed by atoms with van der Waals surface area (Å²) in [6.07, 6.45) is 0.924. The normalized spacial score (nSPS) is 15.8. The Morgan fingerprint density at radius 2 is 2.00 bits per heavy atom. The number of aryl methyl sites for hydroxylation is 1. The third-order valence-electron chi connectivity index (χ3n) is 5.97. The van der Waals surface area contributed by atoms with Crippen molar-refractivity contribution in [3.8, 4) is 11.4 Å².